The molecular formula is C14H11ClN2O3S. The first kappa shape index (κ1) is 13.9. The fourth-order valence-electron chi connectivity index (χ4n) is 1.75. The van der Waals surface area contributed by atoms with Crippen LogP contribution in [0.3, 0.4) is 0 Å². The molecule has 0 aliphatic heterocycles. The van der Waals surface area contributed by atoms with Crippen LogP contribution in [0.4, 0.5) is 0 Å². The number of ether oxygens (including phenoxy) is 1. The molecule has 3 aromatic rings. The highest BCUT2D eigenvalue weighted by Crippen LogP contribution is 2.23. The van der Waals surface area contributed by atoms with Crippen LogP contribution in [0.2, 0.25) is 5.02 Å². The van der Waals surface area contributed by atoms with E-state index in [1.54, 1.807) is 12.1 Å². The molecule has 0 N–H and O–H groups in total. The molecule has 2 heterocycles. The summed E-state index contributed by atoms with van der Waals surface area (Å²) in [5, 5.41) is 6.57. The van der Waals surface area contributed by atoms with E-state index >= 15 is 0 Å². The van der Waals surface area contributed by atoms with Crippen LogP contribution in [0.25, 0.3) is 10.8 Å². The molecule has 0 fully saturated rings. The molecule has 0 radical (unpaired) electrons. The maximum atomic E-state index is 11.7. The minimum absolute atomic E-state index is 0.278. The Hall–Kier alpha value is -2.05. The van der Waals surface area contributed by atoms with Gasteiger partial charge in [0.2, 0.25) is 0 Å². The van der Waals surface area contributed by atoms with Gasteiger partial charge >= 0.3 is 5.76 Å². The molecule has 0 aliphatic carbocycles. The Labute approximate surface area is 129 Å². The van der Waals surface area contributed by atoms with Crippen molar-refractivity contribution in [3.05, 3.63) is 57.4 Å². The van der Waals surface area contributed by atoms with Crippen LogP contribution >= 0.6 is 22.9 Å². The molecule has 0 spiro atoms. The standard InChI is InChI=1S/C14H11ClN2O3S/c15-10-4-1-2-5-11(10)19-8-7-17-14(18)20-13(16-17)12-6-3-9-21-12/h1-6,9H,7-8H2. The summed E-state index contributed by atoms with van der Waals surface area (Å²) >= 11 is 7.45. The van der Waals surface area contributed by atoms with E-state index in [-0.39, 0.29) is 6.61 Å². The lowest BCUT2D eigenvalue weighted by molar-refractivity contribution is 0.285. The van der Waals surface area contributed by atoms with Gasteiger partial charge in [0, 0.05) is 0 Å². The van der Waals surface area contributed by atoms with Gasteiger partial charge < -0.3 is 9.15 Å². The van der Waals surface area contributed by atoms with Crippen molar-refractivity contribution in [1.82, 2.24) is 9.78 Å². The van der Waals surface area contributed by atoms with Crippen molar-refractivity contribution >= 4 is 22.9 Å². The molecule has 0 atom stereocenters. The van der Waals surface area contributed by atoms with Crippen molar-refractivity contribution in [2.45, 2.75) is 6.54 Å². The molecule has 2 aromatic heterocycles. The molecule has 0 bridgehead atoms. The average Bonchev–Trinajstić information content (AvgIpc) is 3.11. The highest BCUT2D eigenvalue weighted by atomic mass is 35.5. The maximum absolute atomic E-state index is 11.7. The maximum Gasteiger partial charge on any atom is 0.437 e. The smallest absolute Gasteiger partial charge is 0.437 e. The minimum atomic E-state index is -0.499. The van der Waals surface area contributed by atoms with Gasteiger partial charge in [-0.25, -0.2) is 4.79 Å². The topological polar surface area (TPSA) is 57.3 Å². The average molecular weight is 323 g/mol. The molecule has 0 aliphatic rings. The number of thiophene rings is 1. The first-order valence-corrected chi connectivity index (χ1v) is 7.49. The van der Waals surface area contributed by atoms with E-state index in [1.807, 2.05) is 29.6 Å². The number of hydrogen-bond donors (Lipinski definition) is 0. The van der Waals surface area contributed by atoms with E-state index in [9.17, 15) is 4.79 Å². The Balaban J connectivity index is 1.66. The molecule has 0 saturated carbocycles. The number of halogens is 1. The lowest BCUT2D eigenvalue weighted by Gasteiger charge is -2.06. The zero-order valence-corrected chi connectivity index (χ0v) is 12.4. The Bertz CT molecular complexity index is 780. The fourth-order valence-corrected chi connectivity index (χ4v) is 2.59. The first-order valence-electron chi connectivity index (χ1n) is 6.23. The van der Waals surface area contributed by atoms with Gasteiger partial charge in [0.1, 0.15) is 12.4 Å². The summed E-state index contributed by atoms with van der Waals surface area (Å²) < 4.78 is 11.9. The Morgan fingerprint density at radius 3 is 2.90 bits per heavy atom. The Morgan fingerprint density at radius 2 is 2.14 bits per heavy atom. The van der Waals surface area contributed by atoms with Crippen LogP contribution in [0.1, 0.15) is 0 Å². The fraction of sp³-hybridized carbons (Fsp3) is 0.143. The van der Waals surface area contributed by atoms with Crippen LogP contribution < -0.4 is 10.5 Å². The summed E-state index contributed by atoms with van der Waals surface area (Å²) in [5.41, 5.74) is 0. The second kappa shape index (κ2) is 6.15. The van der Waals surface area contributed by atoms with Crippen molar-refractivity contribution in [2.24, 2.45) is 0 Å². The highest BCUT2D eigenvalue weighted by molar-refractivity contribution is 7.13. The molecule has 7 heteroatoms. The van der Waals surface area contributed by atoms with Gasteiger partial charge in [-0.2, -0.15) is 4.68 Å². The van der Waals surface area contributed by atoms with Crippen molar-refractivity contribution in [3.63, 3.8) is 0 Å². The predicted octanol–water partition coefficient (Wildman–Crippen LogP) is 3.30. The van der Waals surface area contributed by atoms with E-state index in [0.29, 0.717) is 23.2 Å². The van der Waals surface area contributed by atoms with Crippen molar-refractivity contribution in [1.29, 1.82) is 0 Å². The highest BCUT2D eigenvalue weighted by Gasteiger charge is 2.11. The van der Waals surface area contributed by atoms with Crippen molar-refractivity contribution < 1.29 is 9.15 Å². The summed E-state index contributed by atoms with van der Waals surface area (Å²) in [6.07, 6.45) is 0. The zero-order valence-electron chi connectivity index (χ0n) is 10.9. The van der Waals surface area contributed by atoms with Crippen LogP contribution in [-0.4, -0.2) is 16.4 Å². The van der Waals surface area contributed by atoms with Crippen LogP contribution in [0.15, 0.2) is 51.0 Å². The van der Waals surface area contributed by atoms with Gasteiger partial charge in [0.25, 0.3) is 5.89 Å². The van der Waals surface area contributed by atoms with Gasteiger partial charge in [0.05, 0.1) is 16.4 Å². The summed E-state index contributed by atoms with van der Waals surface area (Å²) in [6, 6.07) is 10.9. The number of aromatic nitrogens is 2. The molecule has 3 rings (SSSR count). The SMILES string of the molecule is O=c1oc(-c2cccs2)nn1CCOc1ccccc1Cl. The second-order valence-corrected chi connectivity index (χ2v) is 5.51. The summed E-state index contributed by atoms with van der Waals surface area (Å²) in [7, 11) is 0. The van der Waals surface area contributed by atoms with Gasteiger partial charge in [0.15, 0.2) is 0 Å². The summed E-state index contributed by atoms with van der Waals surface area (Å²) in [4.78, 5) is 12.5. The van der Waals surface area contributed by atoms with Gasteiger partial charge in [-0.05, 0) is 23.6 Å². The number of hydrogen-bond acceptors (Lipinski definition) is 5. The molecular weight excluding hydrogens is 312 g/mol. The quantitative estimate of drug-likeness (QED) is 0.723. The lowest BCUT2D eigenvalue weighted by Crippen LogP contribution is -2.20. The molecule has 108 valence electrons. The number of para-hydroxylation sites is 1. The largest absolute Gasteiger partial charge is 0.490 e. The van der Waals surface area contributed by atoms with Crippen molar-refractivity contribution in [2.75, 3.05) is 6.61 Å². The van der Waals surface area contributed by atoms with E-state index in [2.05, 4.69) is 5.10 Å². The minimum Gasteiger partial charge on any atom is -0.490 e. The third-order valence-electron chi connectivity index (χ3n) is 2.74. The van der Waals surface area contributed by atoms with Gasteiger partial charge in [-0.1, -0.05) is 29.8 Å². The molecule has 0 amide bonds. The molecule has 0 saturated heterocycles. The third-order valence-corrected chi connectivity index (χ3v) is 3.91. The van der Waals surface area contributed by atoms with Gasteiger partial charge in [-0.15, -0.1) is 16.4 Å². The number of benzene rings is 1. The van der Waals surface area contributed by atoms with E-state index < -0.39 is 5.76 Å². The summed E-state index contributed by atoms with van der Waals surface area (Å²) in [5.74, 6) is 0.406. The van der Waals surface area contributed by atoms with Gasteiger partial charge in [-0.3, -0.25) is 0 Å². The normalized spacial score (nSPS) is 10.7. The Kier molecular flexibility index (Phi) is 4.08. The van der Waals surface area contributed by atoms with Crippen LogP contribution in [0.5, 0.6) is 5.75 Å². The van der Waals surface area contributed by atoms with E-state index in [1.165, 1.54) is 16.0 Å². The second-order valence-electron chi connectivity index (χ2n) is 4.15. The van der Waals surface area contributed by atoms with Crippen LogP contribution in [-0.2, 0) is 6.54 Å². The molecule has 5 nitrogen and oxygen atoms in total. The number of nitrogens with zero attached hydrogens (tertiary/aromatic N) is 2. The zero-order chi connectivity index (χ0) is 14.7. The summed E-state index contributed by atoms with van der Waals surface area (Å²) in [6.45, 7) is 0.568. The third kappa shape index (κ3) is 3.17. The van der Waals surface area contributed by atoms with Crippen molar-refractivity contribution in [3.8, 4) is 16.5 Å². The molecule has 1 aromatic carbocycles. The molecule has 21 heavy (non-hydrogen) atoms. The molecule has 0 unspecified atom stereocenters. The first-order chi connectivity index (χ1) is 10.2. The van der Waals surface area contributed by atoms with Crippen LogP contribution in [0, 0.1) is 0 Å². The van der Waals surface area contributed by atoms with E-state index in [4.69, 9.17) is 20.8 Å². The monoisotopic (exact) mass is 322 g/mol. The predicted molar refractivity (Wildman–Crippen MR) is 81.0 cm³/mol. The number of rotatable bonds is 5. The Morgan fingerprint density at radius 1 is 1.29 bits per heavy atom. The lowest BCUT2D eigenvalue weighted by atomic mass is 10.3. The van der Waals surface area contributed by atoms with E-state index in [0.717, 1.165) is 4.88 Å².